The van der Waals surface area contributed by atoms with Crippen molar-refractivity contribution in [2.45, 2.75) is 20.0 Å². The van der Waals surface area contributed by atoms with E-state index in [1.165, 1.54) is 16.7 Å². The van der Waals surface area contributed by atoms with E-state index < -0.39 is 0 Å². The number of rotatable bonds is 4. The van der Waals surface area contributed by atoms with Crippen molar-refractivity contribution in [1.82, 2.24) is 4.90 Å². The van der Waals surface area contributed by atoms with E-state index in [4.69, 9.17) is 5.11 Å². The minimum absolute atomic E-state index is 0.0963. The van der Waals surface area contributed by atoms with Crippen molar-refractivity contribution in [2.24, 2.45) is 0 Å². The molecule has 0 aliphatic carbocycles. The molecule has 0 aliphatic rings. The molecule has 2 heteroatoms. The van der Waals surface area contributed by atoms with E-state index >= 15 is 0 Å². The first kappa shape index (κ1) is 15.3. The summed E-state index contributed by atoms with van der Waals surface area (Å²) < 4.78 is 0. The maximum atomic E-state index is 8.68. The second-order valence-corrected chi connectivity index (χ2v) is 5.26. The summed E-state index contributed by atoms with van der Waals surface area (Å²) in [5.41, 5.74) is 4.90. The van der Waals surface area contributed by atoms with Gasteiger partial charge in [-0.1, -0.05) is 48.2 Å². The Balaban J connectivity index is 1.96. The van der Waals surface area contributed by atoms with E-state index in [0.29, 0.717) is 0 Å². The fraction of sp³-hybridized carbons (Fsp3) is 0.263. The van der Waals surface area contributed by atoms with E-state index in [-0.39, 0.29) is 6.61 Å². The minimum atomic E-state index is -0.0963. The molecule has 0 bridgehead atoms. The lowest BCUT2D eigenvalue weighted by atomic mass is 10.1. The van der Waals surface area contributed by atoms with Crippen LogP contribution in [0.3, 0.4) is 0 Å². The fourth-order valence-corrected chi connectivity index (χ4v) is 2.28. The molecule has 0 saturated heterocycles. The molecule has 0 spiro atoms. The monoisotopic (exact) mass is 279 g/mol. The normalized spacial score (nSPS) is 10.3. The van der Waals surface area contributed by atoms with Gasteiger partial charge in [0.15, 0.2) is 0 Å². The van der Waals surface area contributed by atoms with E-state index in [1.807, 2.05) is 12.1 Å². The van der Waals surface area contributed by atoms with Gasteiger partial charge in [0.25, 0.3) is 0 Å². The highest BCUT2D eigenvalue weighted by atomic mass is 16.2. The second kappa shape index (κ2) is 7.64. The van der Waals surface area contributed by atoms with Crippen LogP contribution in [0.4, 0.5) is 0 Å². The Kier molecular flexibility index (Phi) is 5.57. The van der Waals surface area contributed by atoms with E-state index in [2.05, 4.69) is 67.1 Å². The summed E-state index contributed by atoms with van der Waals surface area (Å²) in [6.45, 7) is 3.90. The van der Waals surface area contributed by atoms with Gasteiger partial charge in [0.1, 0.15) is 6.61 Å². The number of nitrogens with zero attached hydrogens (tertiary/aromatic N) is 1. The average molecular weight is 279 g/mol. The molecule has 0 aliphatic heterocycles. The zero-order chi connectivity index (χ0) is 15.1. The lowest BCUT2D eigenvalue weighted by Crippen LogP contribution is -2.17. The molecule has 0 atom stereocenters. The van der Waals surface area contributed by atoms with Crippen LogP contribution in [-0.2, 0) is 13.1 Å². The van der Waals surface area contributed by atoms with Crippen LogP contribution in [0.25, 0.3) is 0 Å². The molecule has 0 fully saturated rings. The summed E-state index contributed by atoms with van der Waals surface area (Å²) in [6, 6.07) is 16.7. The summed E-state index contributed by atoms with van der Waals surface area (Å²) in [6.07, 6.45) is 0. The Morgan fingerprint density at radius 1 is 1.00 bits per heavy atom. The minimum Gasteiger partial charge on any atom is -0.384 e. The molecule has 2 nitrogen and oxygen atoms in total. The Labute approximate surface area is 127 Å². The largest absolute Gasteiger partial charge is 0.384 e. The summed E-state index contributed by atoms with van der Waals surface area (Å²) in [4.78, 5) is 2.30. The summed E-state index contributed by atoms with van der Waals surface area (Å²) in [5, 5.41) is 8.68. The predicted molar refractivity (Wildman–Crippen MR) is 86.8 cm³/mol. The van der Waals surface area contributed by atoms with Crippen LogP contribution in [-0.4, -0.2) is 23.7 Å². The second-order valence-electron chi connectivity index (χ2n) is 5.26. The SMILES string of the molecule is Cc1ccccc1CN(C)Cc1ccc(C#CCO)cc1. The van der Waals surface area contributed by atoms with Gasteiger partial charge in [-0.2, -0.15) is 0 Å². The van der Waals surface area contributed by atoms with E-state index in [1.54, 1.807) is 0 Å². The molecule has 1 N–H and O–H groups in total. The van der Waals surface area contributed by atoms with Crippen molar-refractivity contribution in [1.29, 1.82) is 0 Å². The Hall–Kier alpha value is -2.08. The van der Waals surface area contributed by atoms with Gasteiger partial charge in [-0.05, 0) is 42.8 Å². The molecule has 21 heavy (non-hydrogen) atoms. The van der Waals surface area contributed by atoms with Crippen molar-refractivity contribution in [2.75, 3.05) is 13.7 Å². The molecule has 0 unspecified atom stereocenters. The number of aliphatic hydroxyl groups excluding tert-OH is 1. The number of aliphatic hydroxyl groups is 1. The topological polar surface area (TPSA) is 23.5 Å². The van der Waals surface area contributed by atoms with Gasteiger partial charge in [-0.15, -0.1) is 0 Å². The number of hydrogen-bond acceptors (Lipinski definition) is 2. The van der Waals surface area contributed by atoms with Gasteiger partial charge in [0.2, 0.25) is 0 Å². The van der Waals surface area contributed by atoms with Gasteiger partial charge >= 0.3 is 0 Å². The van der Waals surface area contributed by atoms with Crippen LogP contribution in [0.2, 0.25) is 0 Å². The van der Waals surface area contributed by atoms with Gasteiger partial charge in [-0.25, -0.2) is 0 Å². The molecule has 2 rings (SSSR count). The van der Waals surface area contributed by atoms with Crippen molar-refractivity contribution in [3.63, 3.8) is 0 Å². The number of aryl methyl sites for hydroxylation is 1. The van der Waals surface area contributed by atoms with Gasteiger partial charge in [0.05, 0.1) is 0 Å². The van der Waals surface area contributed by atoms with Crippen LogP contribution < -0.4 is 0 Å². The Morgan fingerprint density at radius 2 is 1.71 bits per heavy atom. The maximum absolute atomic E-state index is 8.68. The smallest absolute Gasteiger partial charge is 0.104 e. The highest BCUT2D eigenvalue weighted by molar-refractivity contribution is 5.36. The van der Waals surface area contributed by atoms with Gasteiger partial charge in [-0.3, -0.25) is 4.90 Å². The molecular formula is C19H21NO. The van der Waals surface area contributed by atoms with Crippen molar-refractivity contribution in [3.05, 3.63) is 70.8 Å². The van der Waals surface area contributed by atoms with Crippen LogP contribution in [0.15, 0.2) is 48.5 Å². The zero-order valence-corrected chi connectivity index (χ0v) is 12.6. The van der Waals surface area contributed by atoms with Gasteiger partial charge < -0.3 is 5.11 Å². The first-order valence-electron chi connectivity index (χ1n) is 7.11. The van der Waals surface area contributed by atoms with Crippen molar-refractivity contribution >= 4 is 0 Å². The average Bonchev–Trinajstić information content (AvgIpc) is 2.49. The molecule has 0 aromatic heterocycles. The molecular weight excluding hydrogens is 258 g/mol. The summed E-state index contributed by atoms with van der Waals surface area (Å²) in [7, 11) is 2.13. The molecule has 2 aromatic rings. The van der Waals surface area contributed by atoms with Gasteiger partial charge in [0, 0.05) is 18.7 Å². The molecule has 0 saturated carbocycles. The van der Waals surface area contributed by atoms with Crippen LogP contribution in [0, 0.1) is 18.8 Å². The third-order valence-corrected chi connectivity index (χ3v) is 3.42. The highest BCUT2D eigenvalue weighted by Gasteiger charge is 2.03. The molecule has 108 valence electrons. The summed E-state index contributed by atoms with van der Waals surface area (Å²) in [5.74, 6) is 5.57. The third kappa shape index (κ3) is 4.75. The standard InChI is InChI=1S/C19H21NO/c1-16-6-3-4-8-19(16)15-20(2)14-18-11-9-17(10-12-18)7-5-13-21/h3-4,6,8-12,21H,13-15H2,1-2H3. The van der Waals surface area contributed by atoms with E-state index in [9.17, 15) is 0 Å². The lowest BCUT2D eigenvalue weighted by Gasteiger charge is -2.18. The number of benzene rings is 2. The lowest BCUT2D eigenvalue weighted by molar-refractivity contribution is 0.318. The molecule has 2 aromatic carbocycles. The van der Waals surface area contributed by atoms with Crippen molar-refractivity contribution in [3.8, 4) is 11.8 Å². The predicted octanol–water partition coefficient (Wildman–Crippen LogP) is 2.97. The quantitative estimate of drug-likeness (QED) is 0.870. The third-order valence-electron chi connectivity index (χ3n) is 3.42. The fourth-order valence-electron chi connectivity index (χ4n) is 2.28. The van der Waals surface area contributed by atoms with Crippen LogP contribution in [0.5, 0.6) is 0 Å². The maximum Gasteiger partial charge on any atom is 0.104 e. The molecule has 0 heterocycles. The summed E-state index contributed by atoms with van der Waals surface area (Å²) >= 11 is 0. The van der Waals surface area contributed by atoms with Crippen LogP contribution in [0.1, 0.15) is 22.3 Å². The number of hydrogen-bond donors (Lipinski definition) is 1. The zero-order valence-electron chi connectivity index (χ0n) is 12.6. The highest BCUT2D eigenvalue weighted by Crippen LogP contribution is 2.12. The van der Waals surface area contributed by atoms with Crippen LogP contribution >= 0.6 is 0 Å². The molecule has 0 amide bonds. The Morgan fingerprint density at radius 3 is 2.38 bits per heavy atom. The Bertz CT molecular complexity index is 635. The first-order chi connectivity index (χ1) is 10.2. The molecule has 0 radical (unpaired) electrons. The first-order valence-corrected chi connectivity index (χ1v) is 7.11. The van der Waals surface area contributed by atoms with Crippen molar-refractivity contribution < 1.29 is 5.11 Å². The van der Waals surface area contributed by atoms with E-state index in [0.717, 1.165) is 18.7 Å².